The normalized spacial score (nSPS) is 16.6. The second kappa shape index (κ2) is 6.96. The highest BCUT2D eigenvalue weighted by atomic mass is 35.5. The molecule has 1 aliphatic heterocycles. The number of nitriles is 1. The van der Waals surface area contributed by atoms with Crippen LogP contribution in [0.4, 0.5) is 11.4 Å². The lowest BCUT2D eigenvalue weighted by atomic mass is 10.1. The summed E-state index contributed by atoms with van der Waals surface area (Å²) in [5.74, 6) is -0.785. The van der Waals surface area contributed by atoms with Gasteiger partial charge in [0.1, 0.15) is 0 Å². The van der Waals surface area contributed by atoms with Crippen molar-refractivity contribution in [2.75, 3.05) is 16.8 Å². The minimum atomic E-state index is -0.448. The van der Waals surface area contributed by atoms with Gasteiger partial charge in [-0.1, -0.05) is 23.7 Å². The lowest BCUT2D eigenvalue weighted by molar-refractivity contribution is -0.122. The number of carbonyl (C=O) groups excluding carboxylic acids is 2. The fraction of sp³-hybridized carbons (Fsp3) is 0.211. The zero-order valence-corrected chi connectivity index (χ0v) is 14.4. The van der Waals surface area contributed by atoms with Crippen LogP contribution in [-0.4, -0.2) is 18.4 Å². The lowest BCUT2D eigenvalue weighted by Crippen LogP contribution is -2.28. The third-order valence-corrected chi connectivity index (χ3v) is 4.72. The summed E-state index contributed by atoms with van der Waals surface area (Å²) in [5, 5.41) is 12.4. The minimum Gasteiger partial charge on any atom is -0.325 e. The standard InChI is InChI=1S/C19H16ClN3O2/c1-12-16(20)6-3-7-17(12)22-19(25)14-9-18(24)23(11-14)15-5-2-4-13(8-15)10-21/h2-8,14H,9,11H2,1H3,(H,22,25). The summed E-state index contributed by atoms with van der Waals surface area (Å²) >= 11 is 6.07. The monoisotopic (exact) mass is 353 g/mol. The van der Waals surface area contributed by atoms with Crippen LogP contribution in [0.1, 0.15) is 17.5 Å². The van der Waals surface area contributed by atoms with Crippen LogP contribution in [-0.2, 0) is 9.59 Å². The van der Waals surface area contributed by atoms with Crippen LogP contribution in [0.2, 0.25) is 5.02 Å². The molecule has 2 aromatic carbocycles. The van der Waals surface area contributed by atoms with Crippen LogP contribution in [0.5, 0.6) is 0 Å². The fourth-order valence-electron chi connectivity index (χ4n) is 2.85. The van der Waals surface area contributed by atoms with Crippen molar-refractivity contribution in [2.24, 2.45) is 5.92 Å². The van der Waals surface area contributed by atoms with Gasteiger partial charge in [0.25, 0.3) is 0 Å². The predicted octanol–water partition coefficient (Wildman–Crippen LogP) is 3.51. The van der Waals surface area contributed by atoms with Crippen LogP contribution in [0.15, 0.2) is 42.5 Å². The molecule has 1 N–H and O–H groups in total. The van der Waals surface area contributed by atoms with E-state index in [1.807, 2.05) is 6.92 Å². The Kier molecular flexibility index (Phi) is 4.73. The highest BCUT2D eigenvalue weighted by Gasteiger charge is 2.35. The van der Waals surface area contributed by atoms with Gasteiger partial charge in [0.05, 0.1) is 17.6 Å². The topological polar surface area (TPSA) is 73.2 Å². The maximum atomic E-state index is 12.5. The molecule has 0 aromatic heterocycles. The van der Waals surface area contributed by atoms with Gasteiger partial charge in [-0.05, 0) is 42.8 Å². The SMILES string of the molecule is Cc1c(Cl)cccc1NC(=O)C1CC(=O)N(c2cccc(C#N)c2)C1. The summed E-state index contributed by atoms with van der Waals surface area (Å²) in [5.41, 5.74) is 2.56. The Morgan fingerprint density at radius 1 is 1.32 bits per heavy atom. The van der Waals surface area contributed by atoms with E-state index >= 15 is 0 Å². The number of hydrogen-bond acceptors (Lipinski definition) is 3. The number of nitrogens with zero attached hydrogens (tertiary/aromatic N) is 2. The zero-order chi connectivity index (χ0) is 18.0. The van der Waals surface area contributed by atoms with Gasteiger partial charge in [0.15, 0.2) is 0 Å². The first-order valence-electron chi connectivity index (χ1n) is 7.86. The fourth-order valence-corrected chi connectivity index (χ4v) is 3.03. The van der Waals surface area contributed by atoms with Gasteiger partial charge in [-0.2, -0.15) is 5.26 Å². The van der Waals surface area contributed by atoms with Gasteiger partial charge in [0, 0.05) is 29.4 Å². The predicted molar refractivity (Wildman–Crippen MR) is 96.4 cm³/mol. The molecule has 1 atom stereocenters. The molecule has 5 nitrogen and oxygen atoms in total. The van der Waals surface area contributed by atoms with Gasteiger partial charge in [-0.25, -0.2) is 0 Å². The number of amides is 2. The van der Waals surface area contributed by atoms with Crippen molar-refractivity contribution in [1.29, 1.82) is 5.26 Å². The number of carbonyl (C=O) groups is 2. The van der Waals surface area contributed by atoms with Crippen molar-refractivity contribution >= 4 is 34.8 Å². The number of halogens is 1. The average molecular weight is 354 g/mol. The number of nitrogens with one attached hydrogen (secondary N) is 1. The second-order valence-corrected chi connectivity index (χ2v) is 6.38. The largest absolute Gasteiger partial charge is 0.325 e. The highest BCUT2D eigenvalue weighted by molar-refractivity contribution is 6.31. The molecule has 6 heteroatoms. The summed E-state index contributed by atoms with van der Waals surface area (Å²) < 4.78 is 0. The molecule has 1 unspecified atom stereocenters. The molecular formula is C19H16ClN3O2. The first-order valence-corrected chi connectivity index (χ1v) is 8.24. The van der Waals surface area contributed by atoms with Crippen molar-refractivity contribution < 1.29 is 9.59 Å². The summed E-state index contributed by atoms with van der Waals surface area (Å²) in [4.78, 5) is 26.4. The van der Waals surface area contributed by atoms with Crippen molar-refractivity contribution in [3.8, 4) is 6.07 Å². The number of benzene rings is 2. The molecule has 0 spiro atoms. The van der Waals surface area contributed by atoms with E-state index < -0.39 is 5.92 Å². The van der Waals surface area contributed by atoms with E-state index in [1.54, 1.807) is 47.4 Å². The first kappa shape index (κ1) is 17.0. The molecular weight excluding hydrogens is 338 g/mol. The smallest absolute Gasteiger partial charge is 0.229 e. The van der Waals surface area contributed by atoms with E-state index in [0.717, 1.165) is 5.56 Å². The zero-order valence-electron chi connectivity index (χ0n) is 13.6. The molecule has 1 fully saturated rings. The Morgan fingerprint density at radius 2 is 2.08 bits per heavy atom. The van der Waals surface area contributed by atoms with Crippen molar-refractivity contribution in [3.05, 3.63) is 58.6 Å². The quantitative estimate of drug-likeness (QED) is 0.917. The molecule has 1 heterocycles. The lowest BCUT2D eigenvalue weighted by Gasteiger charge is -2.17. The molecule has 3 rings (SSSR count). The Hall–Kier alpha value is -2.84. The molecule has 0 bridgehead atoms. The molecule has 1 saturated heterocycles. The summed E-state index contributed by atoms with van der Waals surface area (Å²) in [6.45, 7) is 2.12. The first-order chi connectivity index (χ1) is 12.0. The number of anilines is 2. The molecule has 126 valence electrons. The Morgan fingerprint density at radius 3 is 2.84 bits per heavy atom. The van der Waals surface area contributed by atoms with Crippen LogP contribution >= 0.6 is 11.6 Å². The average Bonchev–Trinajstić information content (AvgIpc) is 3.01. The maximum absolute atomic E-state index is 12.5. The van der Waals surface area contributed by atoms with Gasteiger partial charge >= 0.3 is 0 Å². The van der Waals surface area contributed by atoms with Crippen molar-refractivity contribution in [1.82, 2.24) is 0 Å². The Balaban J connectivity index is 1.74. The van der Waals surface area contributed by atoms with Gasteiger partial charge < -0.3 is 10.2 Å². The van der Waals surface area contributed by atoms with Crippen molar-refractivity contribution in [3.63, 3.8) is 0 Å². The summed E-state index contributed by atoms with van der Waals surface area (Å²) in [6.07, 6.45) is 0.141. The molecule has 1 aliphatic rings. The molecule has 2 aromatic rings. The third kappa shape index (κ3) is 3.49. The molecule has 0 aliphatic carbocycles. The summed E-state index contributed by atoms with van der Waals surface area (Å²) in [7, 11) is 0. The van der Waals surface area contributed by atoms with Gasteiger partial charge in [-0.3, -0.25) is 9.59 Å². The Bertz CT molecular complexity index is 888. The van der Waals surface area contributed by atoms with Crippen molar-refractivity contribution in [2.45, 2.75) is 13.3 Å². The van der Waals surface area contributed by atoms with E-state index in [-0.39, 0.29) is 18.2 Å². The van der Waals surface area contributed by atoms with E-state index in [1.165, 1.54) is 0 Å². The maximum Gasteiger partial charge on any atom is 0.229 e. The molecule has 0 radical (unpaired) electrons. The van der Waals surface area contributed by atoms with Crippen LogP contribution < -0.4 is 10.2 Å². The van der Waals surface area contributed by atoms with Gasteiger partial charge in [-0.15, -0.1) is 0 Å². The molecule has 2 amide bonds. The number of rotatable bonds is 3. The van der Waals surface area contributed by atoms with E-state index in [2.05, 4.69) is 11.4 Å². The van der Waals surface area contributed by atoms with Gasteiger partial charge in [0.2, 0.25) is 11.8 Å². The summed E-state index contributed by atoms with van der Waals surface area (Å²) in [6, 6.07) is 14.2. The minimum absolute atomic E-state index is 0.127. The number of hydrogen-bond donors (Lipinski definition) is 1. The van der Waals surface area contributed by atoms with E-state index in [9.17, 15) is 9.59 Å². The Labute approximate surface area is 150 Å². The van der Waals surface area contributed by atoms with Crippen LogP contribution in [0.3, 0.4) is 0 Å². The molecule has 0 saturated carbocycles. The third-order valence-electron chi connectivity index (χ3n) is 4.31. The van der Waals surface area contributed by atoms with E-state index in [4.69, 9.17) is 16.9 Å². The van der Waals surface area contributed by atoms with E-state index in [0.29, 0.717) is 28.5 Å². The molecule has 25 heavy (non-hydrogen) atoms. The second-order valence-electron chi connectivity index (χ2n) is 5.97. The van der Waals surface area contributed by atoms with Crippen LogP contribution in [0.25, 0.3) is 0 Å². The van der Waals surface area contributed by atoms with Crippen LogP contribution in [0, 0.1) is 24.2 Å². The highest BCUT2D eigenvalue weighted by Crippen LogP contribution is 2.28.